The monoisotopic (exact) mass is 226 g/mol. The Balaban J connectivity index is 3.53. The Morgan fingerprint density at radius 3 is 2.38 bits per heavy atom. The Bertz CT molecular complexity index is 442. The van der Waals surface area contributed by atoms with Gasteiger partial charge in [-0.2, -0.15) is 8.42 Å². The van der Waals surface area contributed by atoms with Crippen molar-refractivity contribution < 1.29 is 16.7 Å². The molecule has 1 aromatic carbocycles. The topological polar surface area (TPSA) is 34.1 Å². The van der Waals surface area contributed by atoms with Crippen LogP contribution in [0, 0.1) is 12.7 Å². The second kappa shape index (κ2) is 3.23. The van der Waals surface area contributed by atoms with Crippen molar-refractivity contribution in [2.24, 2.45) is 0 Å². The molecule has 0 heterocycles. The molecule has 0 saturated heterocycles. The average Bonchev–Trinajstić information content (AvgIpc) is 1.98. The van der Waals surface area contributed by atoms with E-state index in [1.165, 1.54) is 6.92 Å². The minimum Gasteiger partial charge on any atom is -0.205 e. The minimum absolute atomic E-state index is 0.0601. The first-order valence-corrected chi connectivity index (χ1v) is 4.99. The van der Waals surface area contributed by atoms with Gasteiger partial charge in [-0.1, -0.05) is 11.6 Å². The zero-order valence-corrected chi connectivity index (χ0v) is 8.09. The van der Waals surface area contributed by atoms with Gasteiger partial charge in [0.1, 0.15) is 10.7 Å². The first-order chi connectivity index (χ1) is 5.84. The molecule has 0 aromatic heterocycles. The SMILES string of the molecule is Cc1c(Cl)ccc(S(=O)(=O)F)c1F. The molecule has 72 valence electrons. The fraction of sp³-hybridized carbons (Fsp3) is 0.143. The summed E-state index contributed by atoms with van der Waals surface area (Å²) in [7, 11) is -5.01. The molecule has 0 fully saturated rings. The number of halogens is 3. The molecule has 0 spiro atoms. The normalized spacial score (nSPS) is 11.7. The van der Waals surface area contributed by atoms with Crippen molar-refractivity contribution in [2.45, 2.75) is 11.8 Å². The Labute approximate surface area is 79.4 Å². The summed E-state index contributed by atoms with van der Waals surface area (Å²) in [6.45, 7) is 1.27. The van der Waals surface area contributed by atoms with E-state index in [0.717, 1.165) is 12.1 Å². The van der Waals surface area contributed by atoms with Crippen LogP contribution in [-0.2, 0) is 10.2 Å². The van der Waals surface area contributed by atoms with Gasteiger partial charge in [-0.15, -0.1) is 3.89 Å². The van der Waals surface area contributed by atoms with E-state index >= 15 is 0 Å². The van der Waals surface area contributed by atoms with Crippen LogP contribution in [0.4, 0.5) is 8.28 Å². The summed E-state index contributed by atoms with van der Waals surface area (Å²) in [6.07, 6.45) is 0. The van der Waals surface area contributed by atoms with E-state index in [1.54, 1.807) is 0 Å². The fourth-order valence-corrected chi connectivity index (χ4v) is 1.57. The van der Waals surface area contributed by atoms with E-state index in [4.69, 9.17) is 11.6 Å². The van der Waals surface area contributed by atoms with Gasteiger partial charge in [0.15, 0.2) is 0 Å². The summed E-state index contributed by atoms with van der Waals surface area (Å²) in [5.41, 5.74) is -0.0830. The lowest BCUT2D eigenvalue weighted by Crippen LogP contribution is -1.98. The minimum atomic E-state index is -5.01. The van der Waals surface area contributed by atoms with E-state index in [2.05, 4.69) is 0 Å². The molecule has 0 amide bonds. The van der Waals surface area contributed by atoms with Crippen LogP contribution in [-0.4, -0.2) is 8.42 Å². The summed E-state index contributed by atoms with van der Waals surface area (Å²) >= 11 is 5.48. The molecule has 0 radical (unpaired) electrons. The van der Waals surface area contributed by atoms with Crippen LogP contribution in [0.5, 0.6) is 0 Å². The largest absolute Gasteiger partial charge is 0.335 e. The van der Waals surface area contributed by atoms with Crippen molar-refractivity contribution in [3.8, 4) is 0 Å². The average molecular weight is 227 g/mol. The van der Waals surface area contributed by atoms with Crippen LogP contribution in [0.25, 0.3) is 0 Å². The summed E-state index contributed by atoms with van der Waals surface area (Å²) in [4.78, 5) is -0.977. The molecule has 0 bridgehead atoms. The number of hydrogen-bond donors (Lipinski definition) is 0. The second-order valence-corrected chi connectivity index (χ2v) is 4.15. The van der Waals surface area contributed by atoms with Crippen LogP contribution in [0.1, 0.15) is 5.56 Å². The van der Waals surface area contributed by atoms with Gasteiger partial charge in [-0.25, -0.2) is 4.39 Å². The van der Waals surface area contributed by atoms with Crippen molar-refractivity contribution in [3.63, 3.8) is 0 Å². The summed E-state index contributed by atoms with van der Waals surface area (Å²) in [5, 5.41) is 0.0601. The van der Waals surface area contributed by atoms with Crippen molar-refractivity contribution in [1.82, 2.24) is 0 Å². The van der Waals surface area contributed by atoms with Gasteiger partial charge in [0.25, 0.3) is 0 Å². The first-order valence-electron chi connectivity index (χ1n) is 3.23. The predicted octanol–water partition coefficient (Wildman–Crippen LogP) is 2.45. The Hall–Kier alpha value is -0.680. The van der Waals surface area contributed by atoms with E-state index in [9.17, 15) is 16.7 Å². The molecular formula is C7H5ClF2O2S. The molecule has 0 unspecified atom stereocenters. The second-order valence-electron chi connectivity index (χ2n) is 2.42. The molecule has 0 saturated carbocycles. The molecule has 0 aliphatic carbocycles. The van der Waals surface area contributed by atoms with E-state index in [-0.39, 0.29) is 10.6 Å². The summed E-state index contributed by atoms with van der Waals surface area (Å²) in [5.74, 6) is -1.14. The Morgan fingerprint density at radius 1 is 1.38 bits per heavy atom. The van der Waals surface area contributed by atoms with Crippen molar-refractivity contribution in [2.75, 3.05) is 0 Å². The lowest BCUT2D eigenvalue weighted by molar-refractivity contribution is 0.531. The number of hydrogen-bond acceptors (Lipinski definition) is 2. The maximum absolute atomic E-state index is 13.1. The zero-order chi connectivity index (χ0) is 10.2. The molecule has 0 N–H and O–H groups in total. The van der Waals surface area contributed by atoms with Crippen LogP contribution in [0.2, 0.25) is 5.02 Å². The Kier molecular flexibility index (Phi) is 2.58. The van der Waals surface area contributed by atoms with Gasteiger partial charge in [0, 0.05) is 10.6 Å². The third kappa shape index (κ3) is 1.97. The molecule has 6 heteroatoms. The highest BCUT2D eigenvalue weighted by Gasteiger charge is 2.20. The summed E-state index contributed by atoms with van der Waals surface area (Å²) in [6, 6.07) is 1.92. The van der Waals surface area contributed by atoms with Gasteiger partial charge >= 0.3 is 10.2 Å². The molecule has 0 aliphatic rings. The van der Waals surface area contributed by atoms with Gasteiger partial charge in [-0.05, 0) is 19.1 Å². The van der Waals surface area contributed by atoms with Crippen LogP contribution >= 0.6 is 11.6 Å². The predicted molar refractivity (Wildman–Crippen MR) is 44.4 cm³/mol. The Morgan fingerprint density at radius 2 is 1.92 bits per heavy atom. The summed E-state index contributed by atoms with van der Waals surface area (Å²) < 4.78 is 46.2. The highest BCUT2D eigenvalue weighted by Crippen LogP contribution is 2.25. The van der Waals surface area contributed by atoms with Gasteiger partial charge in [0.05, 0.1) is 0 Å². The number of benzene rings is 1. The van der Waals surface area contributed by atoms with Crippen molar-refractivity contribution >= 4 is 21.8 Å². The molecule has 0 aliphatic heterocycles. The molecule has 1 rings (SSSR count). The standard InChI is InChI=1S/C7H5ClF2O2S/c1-4-5(8)2-3-6(7(4)9)13(10,11)12/h2-3H,1H3. The fourth-order valence-electron chi connectivity index (χ4n) is 0.825. The smallest absolute Gasteiger partial charge is 0.205 e. The molecule has 2 nitrogen and oxygen atoms in total. The maximum Gasteiger partial charge on any atom is 0.335 e. The molecule has 13 heavy (non-hydrogen) atoms. The molecular weight excluding hydrogens is 222 g/mol. The first kappa shape index (κ1) is 10.4. The van der Waals surface area contributed by atoms with Crippen LogP contribution < -0.4 is 0 Å². The highest BCUT2D eigenvalue weighted by molar-refractivity contribution is 7.86. The van der Waals surface area contributed by atoms with E-state index in [0.29, 0.717) is 0 Å². The highest BCUT2D eigenvalue weighted by atomic mass is 35.5. The van der Waals surface area contributed by atoms with Gasteiger partial charge < -0.3 is 0 Å². The lowest BCUT2D eigenvalue weighted by atomic mass is 10.2. The third-order valence-corrected chi connectivity index (χ3v) is 2.80. The maximum atomic E-state index is 13.1. The van der Waals surface area contributed by atoms with Gasteiger partial charge in [-0.3, -0.25) is 0 Å². The van der Waals surface area contributed by atoms with E-state index in [1.807, 2.05) is 0 Å². The number of rotatable bonds is 1. The van der Waals surface area contributed by atoms with Crippen molar-refractivity contribution in [1.29, 1.82) is 0 Å². The van der Waals surface area contributed by atoms with Crippen LogP contribution in [0.3, 0.4) is 0 Å². The van der Waals surface area contributed by atoms with E-state index < -0.39 is 20.9 Å². The third-order valence-electron chi connectivity index (χ3n) is 1.55. The quantitative estimate of drug-likeness (QED) is 0.690. The molecule has 1 aromatic rings. The van der Waals surface area contributed by atoms with Gasteiger partial charge in [0.2, 0.25) is 0 Å². The van der Waals surface area contributed by atoms with Crippen LogP contribution in [0.15, 0.2) is 17.0 Å². The zero-order valence-electron chi connectivity index (χ0n) is 6.51. The lowest BCUT2D eigenvalue weighted by Gasteiger charge is -2.02. The molecule has 0 atom stereocenters. The van der Waals surface area contributed by atoms with Crippen molar-refractivity contribution in [3.05, 3.63) is 28.5 Å².